The highest BCUT2D eigenvalue weighted by molar-refractivity contribution is 6.02. The van der Waals surface area contributed by atoms with Crippen molar-refractivity contribution in [2.24, 2.45) is 28.3 Å². The van der Waals surface area contributed by atoms with Gasteiger partial charge in [0.1, 0.15) is 0 Å². The molecule has 1 aromatic carbocycles. The van der Waals surface area contributed by atoms with Gasteiger partial charge in [-0.2, -0.15) is 4.99 Å². The van der Waals surface area contributed by atoms with Gasteiger partial charge in [0.05, 0.1) is 11.5 Å². The number of nitrogens with two attached hydrogens (primary N) is 2. The van der Waals surface area contributed by atoms with E-state index in [0.717, 1.165) is 5.56 Å². The third kappa shape index (κ3) is 2.68. The highest BCUT2D eigenvalue weighted by Crippen LogP contribution is 2.42. The standard InChI is InChI=1S/C16H22N4O2/c1-9(2)8-16(10(3)13(21)19-15(17)18)12-7-5-4-6-11(12)14(22)20-16/h4-7,9-10H,8H2,1-3H3,(H,20,22)(H4,17,18,19,21). The Balaban J connectivity index is 2.54. The van der Waals surface area contributed by atoms with Gasteiger partial charge in [-0.25, -0.2) is 0 Å². The number of nitrogens with one attached hydrogen (secondary N) is 1. The lowest BCUT2D eigenvalue weighted by Gasteiger charge is -2.36. The van der Waals surface area contributed by atoms with Crippen LogP contribution in [0.3, 0.4) is 0 Å². The molecule has 0 aromatic heterocycles. The molecule has 0 bridgehead atoms. The number of nitrogens with zero attached hydrogens (tertiary/aromatic N) is 1. The Morgan fingerprint density at radius 2 is 1.91 bits per heavy atom. The molecule has 0 fully saturated rings. The number of guanidine groups is 1. The lowest BCUT2D eigenvalue weighted by Crippen LogP contribution is -2.48. The largest absolute Gasteiger partial charge is 0.370 e. The average molecular weight is 302 g/mol. The Labute approximate surface area is 130 Å². The Morgan fingerprint density at radius 3 is 2.50 bits per heavy atom. The van der Waals surface area contributed by atoms with Crippen molar-refractivity contribution in [3.8, 4) is 0 Å². The number of aliphatic imine (C=N–C) groups is 1. The van der Waals surface area contributed by atoms with E-state index in [0.29, 0.717) is 12.0 Å². The van der Waals surface area contributed by atoms with Crippen LogP contribution in [-0.2, 0) is 10.3 Å². The van der Waals surface area contributed by atoms with Crippen LogP contribution in [0.2, 0.25) is 0 Å². The van der Waals surface area contributed by atoms with Gasteiger partial charge >= 0.3 is 0 Å². The van der Waals surface area contributed by atoms with E-state index in [1.165, 1.54) is 0 Å². The molecule has 22 heavy (non-hydrogen) atoms. The maximum absolute atomic E-state index is 12.3. The molecule has 2 amide bonds. The fourth-order valence-corrected chi connectivity index (χ4v) is 3.17. The van der Waals surface area contributed by atoms with Crippen LogP contribution in [0.5, 0.6) is 0 Å². The van der Waals surface area contributed by atoms with Crippen LogP contribution in [0, 0.1) is 11.8 Å². The van der Waals surface area contributed by atoms with Gasteiger partial charge in [0.25, 0.3) is 11.8 Å². The maximum Gasteiger partial charge on any atom is 0.254 e. The molecule has 1 aromatic rings. The molecule has 0 aliphatic carbocycles. The summed E-state index contributed by atoms with van der Waals surface area (Å²) in [6, 6.07) is 7.33. The summed E-state index contributed by atoms with van der Waals surface area (Å²) in [6.07, 6.45) is 0.628. The van der Waals surface area contributed by atoms with Crippen LogP contribution in [0.1, 0.15) is 43.1 Å². The van der Waals surface area contributed by atoms with E-state index >= 15 is 0 Å². The number of hydrogen-bond donors (Lipinski definition) is 3. The average Bonchev–Trinajstić information content (AvgIpc) is 2.71. The van der Waals surface area contributed by atoms with Crippen LogP contribution >= 0.6 is 0 Å². The molecule has 0 saturated heterocycles. The predicted octanol–water partition coefficient (Wildman–Crippen LogP) is 1.11. The second-order valence-corrected chi connectivity index (χ2v) is 6.17. The van der Waals surface area contributed by atoms with E-state index in [2.05, 4.69) is 10.3 Å². The Kier molecular flexibility index (Phi) is 4.21. The fourth-order valence-electron chi connectivity index (χ4n) is 3.17. The smallest absolute Gasteiger partial charge is 0.254 e. The van der Waals surface area contributed by atoms with E-state index in [1.807, 2.05) is 32.0 Å². The first kappa shape index (κ1) is 16.0. The minimum Gasteiger partial charge on any atom is -0.370 e. The highest BCUT2D eigenvalue weighted by Gasteiger charge is 2.49. The van der Waals surface area contributed by atoms with Crippen molar-refractivity contribution in [3.63, 3.8) is 0 Å². The van der Waals surface area contributed by atoms with Gasteiger partial charge in [0.15, 0.2) is 5.96 Å². The Bertz CT molecular complexity index is 635. The number of rotatable bonds is 4. The minimum atomic E-state index is -0.780. The minimum absolute atomic E-state index is 0.166. The van der Waals surface area contributed by atoms with E-state index in [4.69, 9.17) is 11.5 Å². The monoisotopic (exact) mass is 302 g/mol. The number of fused-ring (bicyclic) bond motifs is 1. The van der Waals surface area contributed by atoms with Crippen molar-refractivity contribution in [2.45, 2.75) is 32.7 Å². The fraction of sp³-hybridized carbons (Fsp3) is 0.438. The highest BCUT2D eigenvalue weighted by atomic mass is 16.2. The molecular formula is C16H22N4O2. The molecule has 0 radical (unpaired) electrons. The first-order valence-corrected chi connectivity index (χ1v) is 7.33. The van der Waals surface area contributed by atoms with Crippen molar-refractivity contribution in [3.05, 3.63) is 35.4 Å². The maximum atomic E-state index is 12.3. The summed E-state index contributed by atoms with van der Waals surface area (Å²) in [7, 11) is 0. The third-order valence-corrected chi connectivity index (χ3v) is 4.07. The van der Waals surface area contributed by atoms with E-state index < -0.39 is 17.4 Å². The zero-order valence-corrected chi connectivity index (χ0v) is 13.1. The SMILES string of the molecule is CC(C)CC1(C(C)C(=O)N=C(N)N)NC(=O)c2ccccc21. The second kappa shape index (κ2) is 5.79. The Hall–Kier alpha value is -2.37. The van der Waals surface area contributed by atoms with Gasteiger partial charge in [-0.1, -0.05) is 39.0 Å². The summed E-state index contributed by atoms with van der Waals surface area (Å²) in [5.41, 5.74) is 11.3. The van der Waals surface area contributed by atoms with Gasteiger partial charge in [-0.3, -0.25) is 9.59 Å². The van der Waals surface area contributed by atoms with Crippen molar-refractivity contribution < 1.29 is 9.59 Å². The normalized spacial score (nSPS) is 21.2. The van der Waals surface area contributed by atoms with Crippen LogP contribution in [0.4, 0.5) is 0 Å². The van der Waals surface area contributed by atoms with Crippen LogP contribution in [0.15, 0.2) is 29.3 Å². The van der Waals surface area contributed by atoms with Gasteiger partial charge in [-0.05, 0) is 24.0 Å². The quantitative estimate of drug-likeness (QED) is 0.571. The van der Waals surface area contributed by atoms with E-state index in [9.17, 15) is 9.59 Å². The molecule has 118 valence electrons. The number of benzene rings is 1. The molecule has 1 aliphatic rings. The molecule has 2 rings (SSSR count). The Morgan fingerprint density at radius 1 is 1.27 bits per heavy atom. The van der Waals surface area contributed by atoms with E-state index in [1.54, 1.807) is 13.0 Å². The number of carbonyl (C=O) groups is 2. The molecule has 1 heterocycles. The summed E-state index contributed by atoms with van der Waals surface area (Å²) >= 11 is 0. The van der Waals surface area contributed by atoms with Crippen molar-refractivity contribution in [1.82, 2.24) is 5.32 Å². The first-order chi connectivity index (χ1) is 10.3. The summed E-state index contributed by atoms with van der Waals surface area (Å²) in [5, 5.41) is 3.01. The molecule has 6 heteroatoms. The number of amides is 2. The number of carbonyl (C=O) groups excluding carboxylic acids is 2. The summed E-state index contributed by atoms with van der Waals surface area (Å²) in [4.78, 5) is 28.3. The molecule has 5 N–H and O–H groups in total. The second-order valence-electron chi connectivity index (χ2n) is 6.17. The molecule has 2 unspecified atom stereocenters. The molecule has 0 saturated carbocycles. The van der Waals surface area contributed by atoms with Crippen molar-refractivity contribution >= 4 is 17.8 Å². The summed E-state index contributed by atoms with van der Waals surface area (Å²) in [6.45, 7) is 5.85. The molecule has 0 spiro atoms. The lowest BCUT2D eigenvalue weighted by atomic mass is 9.74. The zero-order valence-electron chi connectivity index (χ0n) is 13.1. The molecular weight excluding hydrogens is 280 g/mol. The summed E-state index contributed by atoms with van der Waals surface area (Å²) in [5.74, 6) is -1.15. The van der Waals surface area contributed by atoms with Gasteiger partial charge in [0.2, 0.25) is 0 Å². The topological polar surface area (TPSA) is 111 Å². The first-order valence-electron chi connectivity index (χ1n) is 7.33. The molecule has 6 nitrogen and oxygen atoms in total. The van der Waals surface area contributed by atoms with Crippen LogP contribution in [0.25, 0.3) is 0 Å². The number of hydrogen-bond acceptors (Lipinski definition) is 2. The van der Waals surface area contributed by atoms with Gasteiger partial charge in [-0.15, -0.1) is 0 Å². The van der Waals surface area contributed by atoms with Crippen molar-refractivity contribution in [1.29, 1.82) is 0 Å². The van der Waals surface area contributed by atoms with Crippen molar-refractivity contribution in [2.75, 3.05) is 0 Å². The summed E-state index contributed by atoms with van der Waals surface area (Å²) < 4.78 is 0. The molecule has 2 atom stereocenters. The van der Waals surface area contributed by atoms with Gasteiger partial charge < -0.3 is 16.8 Å². The van der Waals surface area contributed by atoms with E-state index in [-0.39, 0.29) is 17.8 Å². The lowest BCUT2D eigenvalue weighted by molar-refractivity contribution is -0.123. The molecule has 1 aliphatic heterocycles. The third-order valence-electron chi connectivity index (χ3n) is 4.07. The van der Waals surface area contributed by atoms with Gasteiger partial charge in [0, 0.05) is 5.56 Å². The predicted molar refractivity (Wildman–Crippen MR) is 85.0 cm³/mol. The van der Waals surface area contributed by atoms with Crippen LogP contribution < -0.4 is 16.8 Å². The zero-order chi connectivity index (χ0) is 16.5. The van der Waals surface area contributed by atoms with Crippen LogP contribution in [-0.4, -0.2) is 17.8 Å².